The van der Waals surface area contributed by atoms with Gasteiger partial charge in [-0.15, -0.1) is 0 Å². The summed E-state index contributed by atoms with van der Waals surface area (Å²) in [6.45, 7) is 1.49. The number of nitrogens with one attached hydrogen (secondary N) is 1. The molecule has 10 heteroatoms. The van der Waals surface area contributed by atoms with Gasteiger partial charge in [0.1, 0.15) is 24.6 Å². The molecule has 4 atom stereocenters. The van der Waals surface area contributed by atoms with Crippen LogP contribution in [0, 0.1) is 6.92 Å². The first-order valence-electron chi connectivity index (χ1n) is 8.67. The Bertz CT molecular complexity index is 1010. The number of aliphatic hydroxyl groups excluding tert-OH is 3. The molecule has 1 aliphatic rings. The lowest BCUT2D eigenvalue weighted by atomic mass is 10.1. The van der Waals surface area contributed by atoms with Gasteiger partial charge in [0, 0.05) is 5.56 Å². The zero-order chi connectivity index (χ0) is 19.8. The van der Waals surface area contributed by atoms with Gasteiger partial charge in [-0.25, -0.2) is 15.0 Å². The monoisotopic (exact) mass is 385 g/mol. The molecule has 1 saturated heterocycles. The molecule has 1 aromatic carbocycles. The normalized spacial score (nSPS) is 24.6. The number of imidazole rings is 1. The second-order valence-corrected chi connectivity index (χ2v) is 6.60. The van der Waals surface area contributed by atoms with Gasteiger partial charge in [0.25, 0.3) is 5.91 Å². The number of aromatic nitrogens is 4. The number of aryl methyl sites for hydroxylation is 1. The number of carbonyl (C=O) groups is 1. The SMILES string of the molecule is Cc1ccc(C(=O)Nc2ncnc3c2ncn3[C@@H]2O[C@H](CO)[C@@H](O)[C@H]2O)cc1. The second kappa shape index (κ2) is 7.24. The molecule has 4 rings (SSSR count). The van der Waals surface area contributed by atoms with Crippen LogP contribution in [0.3, 0.4) is 0 Å². The molecule has 28 heavy (non-hydrogen) atoms. The van der Waals surface area contributed by atoms with Crippen molar-refractivity contribution in [3.63, 3.8) is 0 Å². The summed E-state index contributed by atoms with van der Waals surface area (Å²) in [7, 11) is 0. The third kappa shape index (κ3) is 3.12. The Morgan fingerprint density at radius 2 is 1.93 bits per heavy atom. The van der Waals surface area contributed by atoms with E-state index in [9.17, 15) is 20.1 Å². The molecule has 0 saturated carbocycles. The molecule has 0 unspecified atom stereocenters. The second-order valence-electron chi connectivity index (χ2n) is 6.60. The minimum atomic E-state index is -1.27. The largest absolute Gasteiger partial charge is 0.394 e. The van der Waals surface area contributed by atoms with E-state index in [2.05, 4.69) is 20.3 Å². The van der Waals surface area contributed by atoms with Crippen molar-refractivity contribution in [2.24, 2.45) is 0 Å². The summed E-state index contributed by atoms with van der Waals surface area (Å²) in [5.41, 5.74) is 2.13. The number of hydrogen-bond donors (Lipinski definition) is 4. The molecule has 3 heterocycles. The number of fused-ring (bicyclic) bond motifs is 1. The maximum Gasteiger partial charge on any atom is 0.256 e. The Labute approximate surface area is 159 Å². The molecule has 0 bridgehead atoms. The van der Waals surface area contributed by atoms with Crippen molar-refractivity contribution in [3.8, 4) is 0 Å². The van der Waals surface area contributed by atoms with Crippen LogP contribution in [0.2, 0.25) is 0 Å². The van der Waals surface area contributed by atoms with Crippen molar-refractivity contribution in [2.75, 3.05) is 11.9 Å². The molecule has 146 valence electrons. The standard InChI is InChI=1S/C18H19N5O5/c1-9-2-4-10(5-3-9)17(27)22-15-12-16(20-7-19-15)23(8-21-12)18-14(26)13(25)11(6-24)28-18/h2-5,7-8,11,13-14,18,24-26H,6H2,1H3,(H,19,20,22,27)/t11-,13-,14-,18-/m1/s1. The molecule has 1 aliphatic heterocycles. The van der Waals surface area contributed by atoms with Crippen molar-refractivity contribution < 1.29 is 24.9 Å². The van der Waals surface area contributed by atoms with Crippen molar-refractivity contribution in [3.05, 3.63) is 48.0 Å². The fourth-order valence-corrected chi connectivity index (χ4v) is 3.12. The first kappa shape index (κ1) is 18.4. The zero-order valence-corrected chi connectivity index (χ0v) is 14.9. The Hall–Kier alpha value is -2.92. The molecule has 3 aromatic rings. The van der Waals surface area contributed by atoms with Gasteiger partial charge in [-0.05, 0) is 19.1 Å². The Kier molecular flexibility index (Phi) is 4.77. The minimum Gasteiger partial charge on any atom is -0.394 e. The smallest absolute Gasteiger partial charge is 0.256 e. The van der Waals surface area contributed by atoms with Crippen LogP contribution in [0.1, 0.15) is 22.1 Å². The zero-order valence-electron chi connectivity index (χ0n) is 14.9. The summed E-state index contributed by atoms with van der Waals surface area (Å²) in [5.74, 6) is -0.136. The number of amides is 1. The molecule has 0 radical (unpaired) electrons. The van der Waals surface area contributed by atoms with E-state index in [1.54, 1.807) is 12.1 Å². The average molecular weight is 385 g/mol. The van der Waals surface area contributed by atoms with E-state index < -0.39 is 31.1 Å². The number of nitrogens with zero attached hydrogens (tertiary/aromatic N) is 4. The molecule has 4 N–H and O–H groups in total. The van der Waals surface area contributed by atoms with Crippen molar-refractivity contribution in [1.82, 2.24) is 19.5 Å². The summed E-state index contributed by atoms with van der Waals surface area (Å²) in [6, 6.07) is 7.09. The predicted molar refractivity (Wildman–Crippen MR) is 97.5 cm³/mol. The lowest BCUT2D eigenvalue weighted by molar-refractivity contribution is -0.0511. The third-order valence-corrected chi connectivity index (χ3v) is 4.70. The van der Waals surface area contributed by atoms with Crippen LogP contribution in [-0.4, -0.2) is 65.7 Å². The summed E-state index contributed by atoms with van der Waals surface area (Å²) in [5, 5.41) is 32.2. The number of hydrogen-bond acceptors (Lipinski definition) is 8. The highest BCUT2D eigenvalue weighted by molar-refractivity contribution is 6.06. The molecule has 1 amide bonds. The van der Waals surface area contributed by atoms with Gasteiger partial charge < -0.3 is 25.4 Å². The van der Waals surface area contributed by atoms with Crippen LogP contribution in [0.15, 0.2) is 36.9 Å². The van der Waals surface area contributed by atoms with Crippen LogP contribution >= 0.6 is 0 Å². The Morgan fingerprint density at radius 3 is 2.61 bits per heavy atom. The number of ether oxygens (including phenoxy) is 1. The maximum atomic E-state index is 12.5. The molecule has 0 aliphatic carbocycles. The molecule has 1 fully saturated rings. The summed E-state index contributed by atoms with van der Waals surface area (Å²) in [6.07, 6.45) is -1.77. The molecular weight excluding hydrogens is 366 g/mol. The molecule has 0 spiro atoms. The fraction of sp³-hybridized carbons (Fsp3) is 0.333. The molecular formula is C18H19N5O5. The number of anilines is 1. The summed E-state index contributed by atoms with van der Waals surface area (Å²) in [4.78, 5) is 24.9. The lowest BCUT2D eigenvalue weighted by Gasteiger charge is -2.16. The lowest BCUT2D eigenvalue weighted by Crippen LogP contribution is -2.33. The van der Waals surface area contributed by atoms with Crippen molar-refractivity contribution in [2.45, 2.75) is 31.5 Å². The highest BCUT2D eigenvalue weighted by atomic mass is 16.6. The van der Waals surface area contributed by atoms with Gasteiger partial charge in [0.2, 0.25) is 0 Å². The van der Waals surface area contributed by atoms with Crippen LogP contribution in [0.4, 0.5) is 5.82 Å². The van der Waals surface area contributed by atoms with E-state index in [4.69, 9.17) is 4.74 Å². The number of aliphatic hydroxyl groups is 3. The third-order valence-electron chi connectivity index (χ3n) is 4.70. The Balaban J connectivity index is 1.64. The van der Waals surface area contributed by atoms with E-state index in [0.717, 1.165) is 5.56 Å². The number of benzene rings is 1. The number of rotatable bonds is 4. The summed E-state index contributed by atoms with van der Waals surface area (Å²) >= 11 is 0. The fourth-order valence-electron chi connectivity index (χ4n) is 3.12. The number of carbonyl (C=O) groups excluding carboxylic acids is 1. The topological polar surface area (TPSA) is 143 Å². The molecule has 2 aromatic heterocycles. The quantitative estimate of drug-likeness (QED) is 0.491. The van der Waals surface area contributed by atoms with E-state index >= 15 is 0 Å². The van der Waals surface area contributed by atoms with E-state index in [0.29, 0.717) is 16.7 Å². The summed E-state index contributed by atoms with van der Waals surface area (Å²) < 4.78 is 6.95. The molecule has 10 nitrogen and oxygen atoms in total. The van der Waals surface area contributed by atoms with E-state index in [-0.39, 0.29) is 11.7 Å². The first-order valence-corrected chi connectivity index (χ1v) is 8.67. The van der Waals surface area contributed by atoms with E-state index in [1.165, 1.54) is 17.2 Å². The van der Waals surface area contributed by atoms with Gasteiger partial charge in [-0.3, -0.25) is 9.36 Å². The highest BCUT2D eigenvalue weighted by Crippen LogP contribution is 2.32. The van der Waals surface area contributed by atoms with Crippen LogP contribution < -0.4 is 5.32 Å². The van der Waals surface area contributed by atoms with Gasteiger partial charge in [0.05, 0.1) is 12.9 Å². The van der Waals surface area contributed by atoms with Gasteiger partial charge >= 0.3 is 0 Å². The van der Waals surface area contributed by atoms with E-state index in [1.807, 2.05) is 19.1 Å². The Morgan fingerprint density at radius 1 is 1.18 bits per heavy atom. The van der Waals surface area contributed by atoms with Crippen LogP contribution in [0.25, 0.3) is 11.2 Å². The van der Waals surface area contributed by atoms with Crippen molar-refractivity contribution >= 4 is 22.9 Å². The minimum absolute atomic E-state index is 0.209. The van der Waals surface area contributed by atoms with Crippen LogP contribution in [-0.2, 0) is 4.74 Å². The highest BCUT2D eigenvalue weighted by Gasteiger charge is 2.44. The first-order chi connectivity index (χ1) is 13.5. The van der Waals surface area contributed by atoms with Crippen molar-refractivity contribution in [1.29, 1.82) is 0 Å². The average Bonchev–Trinajstić information content (AvgIpc) is 3.24. The maximum absolute atomic E-state index is 12.5. The predicted octanol–water partition coefficient (Wildman–Crippen LogP) is -0.00148. The van der Waals surface area contributed by atoms with Crippen LogP contribution in [0.5, 0.6) is 0 Å². The van der Waals surface area contributed by atoms with Gasteiger partial charge in [0.15, 0.2) is 23.2 Å². The van der Waals surface area contributed by atoms with Gasteiger partial charge in [-0.2, -0.15) is 0 Å². The van der Waals surface area contributed by atoms with Gasteiger partial charge in [-0.1, -0.05) is 17.7 Å².